The van der Waals surface area contributed by atoms with E-state index in [1.807, 2.05) is 25.1 Å². The molecule has 94 valence electrons. The van der Waals surface area contributed by atoms with Crippen LogP contribution < -0.4 is 10.5 Å². The predicted molar refractivity (Wildman–Crippen MR) is 71.8 cm³/mol. The number of methoxy groups -OCH3 is 1. The van der Waals surface area contributed by atoms with Gasteiger partial charge in [-0.2, -0.15) is 0 Å². The lowest BCUT2D eigenvalue weighted by molar-refractivity contribution is 0.405. The van der Waals surface area contributed by atoms with E-state index in [0.29, 0.717) is 0 Å². The van der Waals surface area contributed by atoms with Crippen molar-refractivity contribution in [2.45, 2.75) is 22.9 Å². The van der Waals surface area contributed by atoms with Crippen molar-refractivity contribution >= 4 is 11.8 Å². The number of nitrogens with zero attached hydrogens (tertiary/aromatic N) is 2. The Morgan fingerprint density at radius 1 is 1.33 bits per heavy atom. The second kappa shape index (κ2) is 5.84. The van der Waals surface area contributed by atoms with E-state index in [-0.39, 0.29) is 6.04 Å². The fraction of sp³-hybridized carbons (Fsp3) is 0.231. The molecule has 0 aliphatic carbocycles. The van der Waals surface area contributed by atoms with Crippen LogP contribution in [0.15, 0.2) is 46.7 Å². The summed E-state index contributed by atoms with van der Waals surface area (Å²) < 4.78 is 5.36. The molecule has 18 heavy (non-hydrogen) atoms. The van der Waals surface area contributed by atoms with Gasteiger partial charge in [-0.1, -0.05) is 17.8 Å². The standard InChI is InChI=1S/C13H15N3OS/c1-9(14)13-10(17-2)4-3-5-11(13)18-12-8-15-6-7-16-12/h3-9H,14H2,1-2H3/t9-/m0/s1. The normalized spacial score (nSPS) is 12.2. The lowest BCUT2D eigenvalue weighted by Gasteiger charge is -2.15. The molecule has 0 aliphatic rings. The maximum atomic E-state index is 6.02. The molecule has 1 aromatic carbocycles. The van der Waals surface area contributed by atoms with Gasteiger partial charge in [-0.3, -0.25) is 4.98 Å². The van der Waals surface area contributed by atoms with Gasteiger partial charge in [0.05, 0.1) is 13.3 Å². The van der Waals surface area contributed by atoms with Crippen LogP contribution in [0.3, 0.4) is 0 Å². The molecule has 0 saturated heterocycles. The minimum absolute atomic E-state index is 0.0969. The van der Waals surface area contributed by atoms with E-state index in [0.717, 1.165) is 21.2 Å². The first-order chi connectivity index (χ1) is 8.72. The van der Waals surface area contributed by atoms with Crippen LogP contribution >= 0.6 is 11.8 Å². The number of aromatic nitrogens is 2. The smallest absolute Gasteiger partial charge is 0.124 e. The van der Waals surface area contributed by atoms with Gasteiger partial charge in [-0.25, -0.2) is 4.98 Å². The third-order valence-corrected chi connectivity index (χ3v) is 3.45. The van der Waals surface area contributed by atoms with Crippen molar-refractivity contribution in [3.63, 3.8) is 0 Å². The van der Waals surface area contributed by atoms with Gasteiger partial charge in [0.15, 0.2) is 0 Å². The number of ether oxygens (including phenoxy) is 1. The molecule has 0 bridgehead atoms. The minimum atomic E-state index is -0.0969. The molecule has 0 saturated carbocycles. The molecule has 1 atom stereocenters. The van der Waals surface area contributed by atoms with Crippen molar-refractivity contribution in [2.75, 3.05) is 7.11 Å². The second-order valence-corrected chi connectivity index (χ2v) is 4.87. The van der Waals surface area contributed by atoms with Gasteiger partial charge < -0.3 is 10.5 Å². The van der Waals surface area contributed by atoms with Gasteiger partial charge in [0.2, 0.25) is 0 Å². The lowest BCUT2D eigenvalue weighted by Crippen LogP contribution is -2.08. The molecule has 0 spiro atoms. The van der Waals surface area contributed by atoms with E-state index in [1.165, 1.54) is 11.8 Å². The maximum Gasteiger partial charge on any atom is 0.124 e. The van der Waals surface area contributed by atoms with Crippen molar-refractivity contribution < 1.29 is 4.74 Å². The Hall–Kier alpha value is -1.59. The first-order valence-corrected chi connectivity index (χ1v) is 6.40. The zero-order valence-corrected chi connectivity index (χ0v) is 11.1. The molecule has 0 fully saturated rings. The highest BCUT2D eigenvalue weighted by Crippen LogP contribution is 2.36. The second-order valence-electron chi connectivity index (χ2n) is 3.81. The van der Waals surface area contributed by atoms with Crippen molar-refractivity contribution in [1.29, 1.82) is 0 Å². The Bertz CT molecular complexity index is 517. The van der Waals surface area contributed by atoms with E-state index in [1.54, 1.807) is 25.7 Å². The van der Waals surface area contributed by atoms with Crippen molar-refractivity contribution in [3.8, 4) is 5.75 Å². The molecule has 0 unspecified atom stereocenters. The van der Waals surface area contributed by atoms with Gasteiger partial charge in [0, 0.05) is 28.9 Å². The molecule has 4 nitrogen and oxygen atoms in total. The van der Waals surface area contributed by atoms with E-state index < -0.39 is 0 Å². The Morgan fingerprint density at radius 2 is 2.17 bits per heavy atom. The fourth-order valence-corrected chi connectivity index (χ4v) is 2.69. The maximum absolute atomic E-state index is 6.02. The van der Waals surface area contributed by atoms with Crippen LogP contribution in [0.2, 0.25) is 0 Å². The largest absolute Gasteiger partial charge is 0.496 e. The summed E-state index contributed by atoms with van der Waals surface area (Å²) in [6.45, 7) is 1.94. The van der Waals surface area contributed by atoms with E-state index >= 15 is 0 Å². The van der Waals surface area contributed by atoms with Gasteiger partial charge in [0.1, 0.15) is 10.8 Å². The van der Waals surface area contributed by atoms with Crippen LogP contribution in [0.25, 0.3) is 0 Å². The van der Waals surface area contributed by atoms with Crippen molar-refractivity contribution in [1.82, 2.24) is 9.97 Å². The summed E-state index contributed by atoms with van der Waals surface area (Å²) in [7, 11) is 1.65. The number of hydrogen-bond donors (Lipinski definition) is 1. The van der Waals surface area contributed by atoms with Crippen molar-refractivity contribution in [2.24, 2.45) is 5.73 Å². The van der Waals surface area contributed by atoms with E-state index in [2.05, 4.69) is 9.97 Å². The summed E-state index contributed by atoms with van der Waals surface area (Å²) in [5.74, 6) is 0.805. The van der Waals surface area contributed by atoms with Gasteiger partial charge >= 0.3 is 0 Å². The molecule has 2 aromatic rings. The first kappa shape index (κ1) is 12.9. The molecule has 2 rings (SSSR count). The molecule has 0 aliphatic heterocycles. The Labute approximate surface area is 111 Å². The molecule has 1 heterocycles. The van der Waals surface area contributed by atoms with Crippen LogP contribution in [0.4, 0.5) is 0 Å². The number of benzene rings is 1. The molecular formula is C13H15N3OS. The summed E-state index contributed by atoms with van der Waals surface area (Å²) in [6, 6.07) is 5.78. The van der Waals surface area contributed by atoms with Crippen LogP contribution in [-0.4, -0.2) is 17.1 Å². The highest BCUT2D eigenvalue weighted by molar-refractivity contribution is 7.99. The highest BCUT2D eigenvalue weighted by atomic mass is 32.2. The summed E-state index contributed by atoms with van der Waals surface area (Å²) in [6.07, 6.45) is 5.06. The molecule has 0 amide bonds. The lowest BCUT2D eigenvalue weighted by atomic mass is 10.1. The monoisotopic (exact) mass is 261 g/mol. The Morgan fingerprint density at radius 3 is 2.78 bits per heavy atom. The summed E-state index contributed by atoms with van der Waals surface area (Å²) in [5.41, 5.74) is 7.01. The molecular weight excluding hydrogens is 246 g/mol. The van der Waals surface area contributed by atoms with Gasteiger partial charge in [0.25, 0.3) is 0 Å². The van der Waals surface area contributed by atoms with Crippen molar-refractivity contribution in [3.05, 3.63) is 42.4 Å². The zero-order chi connectivity index (χ0) is 13.0. The molecule has 5 heteroatoms. The average Bonchev–Trinajstić information content (AvgIpc) is 2.39. The van der Waals surface area contributed by atoms with Gasteiger partial charge in [-0.15, -0.1) is 0 Å². The van der Waals surface area contributed by atoms with E-state index in [9.17, 15) is 0 Å². The van der Waals surface area contributed by atoms with Gasteiger partial charge in [-0.05, 0) is 19.1 Å². The minimum Gasteiger partial charge on any atom is -0.496 e. The molecule has 1 aromatic heterocycles. The summed E-state index contributed by atoms with van der Waals surface area (Å²) in [4.78, 5) is 9.35. The zero-order valence-electron chi connectivity index (χ0n) is 10.3. The van der Waals surface area contributed by atoms with Crippen LogP contribution in [0.1, 0.15) is 18.5 Å². The molecule has 0 radical (unpaired) electrons. The third kappa shape index (κ3) is 2.80. The number of hydrogen-bond acceptors (Lipinski definition) is 5. The highest BCUT2D eigenvalue weighted by Gasteiger charge is 2.14. The SMILES string of the molecule is COc1cccc(Sc2cnccn2)c1[C@H](C)N. The number of nitrogens with two attached hydrogens (primary N) is 1. The van der Waals surface area contributed by atoms with Crippen LogP contribution in [0, 0.1) is 0 Å². The Kier molecular flexibility index (Phi) is 4.17. The Balaban J connectivity index is 2.38. The number of rotatable bonds is 4. The van der Waals surface area contributed by atoms with Crippen LogP contribution in [-0.2, 0) is 0 Å². The molecule has 2 N–H and O–H groups in total. The quantitative estimate of drug-likeness (QED) is 0.916. The topological polar surface area (TPSA) is 61.0 Å². The van der Waals surface area contributed by atoms with Crippen LogP contribution in [0.5, 0.6) is 5.75 Å². The fourth-order valence-electron chi connectivity index (χ4n) is 1.69. The summed E-state index contributed by atoms with van der Waals surface area (Å²) in [5, 5.41) is 0.840. The average molecular weight is 261 g/mol. The summed E-state index contributed by atoms with van der Waals surface area (Å²) >= 11 is 1.54. The third-order valence-electron chi connectivity index (χ3n) is 2.46. The first-order valence-electron chi connectivity index (χ1n) is 5.58. The van der Waals surface area contributed by atoms with E-state index in [4.69, 9.17) is 10.5 Å². The predicted octanol–water partition coefficient (Wildman–Crippen LogP) is 2.66.